The Morgan fingerprint density at radius 2 is 1.25 bits per heavy atom. The van der Waals surface area contributed by atoms with Gasteiger partial charge in [0.1, 0.15) is 22.6 Å². The minimum absolute atomic E-state index is 0.187. The van der Waals surface area contributed by atoms with Crippen LogP contribution in [0.2, 0.25) is 0 Å². The number of rotatable bonds is 2. The zero-order valence-corrected chi connectivity index (χ0v) is 19.8. The highest BCUT2D eigenvalue weighted by atomic mass is 16.3. The van der Waals surface area contributed by atoms with Crippen molar-refractivity contribution < 1.29 is 10.2 Å². The first-order valence-electron chi connectivity index (χ1n) is 10.3. The number of hydrogen-bond donors (Lipinski definition) is 4. The highest BCUT2D eigenvalue weighted by molar-refractivity contribution is 5.70. The molecule has 6 nitrogen and oxygen atoms in total. The van der Waals surface area contributed by atoms with Gasteiger partial charge in [0.05, 0.1) is 16.8 Å². The summed E-state index contributed by atoms with van der Waals surface area (Å²) in [6.45, 7) is 12.7. The zero-order chi connectivity index (χ0) is 24.3. The van der Waals surface area contributed by atoms with E-state index in [1.807, 2.05) is 12.1 Å². The number of aliphatic hydroxyl groups is 2. The van der Waals surface area contributed by atoms with Crippen molar-refractivity contribution in [2.75, 3.05) is 11.5 Å². The molecule has 0 radical (unpaired) electrons. The van der Waals surface area contributed by atoms with Crippen LogP contribution in [0.15, 0.2) is 40.6 Å². The minimum Gasteiger partial charge on any atom is -0.399 e. The predicted molar refractivity (Wildman–Crippen MR) is 131 cm³/mol. The molecular formula is C26H32N4O2. The molecule has 0 unspecified atom stereocenters. The summed E-state index contributed by atoms with van der Waals surface area (Å²) in [4.78, 5) is 0. The Hall–Kier alpha value is -3.32. The average Bonchev–Trinajstić information content (AvgIpc) is 2.62. The first-order chi connectivity index (χ1) is 14.5. The molecule has 2 aromatic carbocycles. The van der Waals surface area contributed by atoms with Gasteiger partial charge in [0.2, 0.25) is 0 Å². The van der Waals surface area contributed by atoms with Crippen molar-refractivity contribution in [2.45, 2.75) is 65.1 Å². The van der Waals surface area contributed by atoms with Crippen LogP contribution in [0.5, 0.6) is 0 Å². The van der Waals surface area contributed by atoms with Crippen LogP contribution in [-0.4, -0.2) is 21.4 Å². The fraction of sp³-hybridized carbons (Fsp3) is 0.385. The van der Waals surface area contributed by atoms with Crippen LogP contribution in [0.4, 0.5) is 22.7 Å². The summed E-state index contributed by atoms with van der Waals surface area (Å²) in [5.74, 6) is 11.7. The summed E-state index contributed by atoms with van der Waals surface area (Å²) in [5, 5.41) is 29.0. The van der Waals surface area contributed by atoms with Crippen LogP contribution in [0.1, 0.15) is 65.2 Å². The summed E-state index contributed by atoms with van der Waals surface area (Å²) >= 11 is 0. The Bertz CT molecular complexity index is 1100. The molecule has 32 heavy (non-hydrogen) atoms. The number of azo groups is 1. The minimum atomic E-state index is -1.19. The molecule has 6 N–H and O–H groups in total. The van der Waals surface area contributed by atoms with Crippen LogP contribution in [0.25, 0.3) is 0 Å². The van der Waals surface area contributed by atoms with Gasteiger partial charge in [0, 0.05) is 5.69 Å². The molecule has 168 valence electrons. The van der Waals surface area contributed by atoms with E-state index in [2.05, 4.69) is 54.7 Å². The second-order valence-corrected chi connectivity index (χ2v) is 9.81. The second kappa shape index (κ2) is 9.04. The molecule has 0 aromatic heterocycles. The second-order valence-electron chi connectivity index (χ2n) is 9.81. The van der Waals surface area contributed by atoms with E-state index in [0.29, 0.717) is 33.9 Å². The van der Waals surface area contributed by atoms with E-state index >= 15 is 0 Å². The number of hydrogen-bond acceptors (Lipinski definition) is 6. The molecule has 0 heterocycles. The van der Waals surface area contributed by atoms with Gasteiger partial charge in [-0.2, -0.15) is 0 Å². The molecule has 0 bridgehead atoms. The van der Waals surface area contributed by atoms with Gasteiger partial charge in [0.25, 0.3) is 0 Å². The topological polar surface area (TPSA) is 117 Å². The van der Waals surface area contributed by atoms with Gasteiger partial charge in [-0.05, 0) is 69.0 Å². The third-order valence-electron chi connectivity index (χ3n) is 4.29. The van der Waals surface area contributed by atoms with Gasteiger partial charge in [0.15, 0.2) is 0 Å². The molecule has 2 aromatic rings. The largest absolute Gasteiger partial charge is 0.399 e. The predicted octanol–water partition coefficient (Wildman–Crippen LogP) is 4.81. The smallest absolute Gasteiger partial charge is 0.120 e. The van der Waals surface area contributed by atoms with Gasteiger partial charge in [-0.15, -0.1) is 10.2 Å². The normalized spacial score (nSPS) is 12.2. The third-order valence-corrected chi connectivity index (χ3v) is 4.29. The van der Waals surface area contributed by atoms with Crippen LogP contribution in [0, 0.1) is 23.7 Å². The van der Waals surface area contributed by atoms with Gasteiger partial charge in [-0.25, -0.2) is 0 Å². The summed E-state index contributed by atoms with van der Waals surface area (Å²) < 4.78 is 0. The van der Waals surface area contributed by atoms with Crippen molar-refractivity contribution in [1.82, 2.24) is 0 Å². The SMILES string of the molecule is CC(C)(O)C#Cc1cc(C(C)(C)C)cc(C#CC(C)(C)O)c1N=Nc1ccc(N)cc1N. The molecule has 0 saturated heterocycles. The number of nitrogens with zero attached hydrogens (tertiary/aromatic N) is 2. The Labute approximate surface area is 190 Å². The maximum absolute atomic E-state index is 10.1. The Kier molecular flexibility index (Phi) is 7.05. The molecule has 0 aliphatic heterocycles. The average molecular weight is 433 g/mol. The van der Waals surface area contributed by atoms with Crippen LogP contribution >= 0.6 is 0 Å². The lowest BCUT2D eigenvalue weighted by molar-refractivity contribution is 0.143. The quantitative estimate of drug-likeness (QED) is 0.309. The monoisotopic (exact) mass is 432 g/mol. The lowest BCUT2D eigenvalue weighted by Crippen LogP contribution is -2.15. The molecule has 0 fully saturated rings. The number of anilines is 2. The molecule has 0 aliphatic rings. The van der Waals surface area contributed by atoms with E-state index in [1.54, 1.807) is 45.9 Å². The van der Waals surface area contributed by atoms with Crippen LogP contribution < -0.4 is 11.5 Å². The first kappa shape index (κ1) is 24.9. The van der Waals surface area contributed by atoms with Crippen molar-refractivity contribution >= 4 is 22.7 Å². The fourth-order valence-electron chi connectivity index (χ4n) is 2.57. The van der Waals surface area contributed by atoms with Crippen molar-refractivity contribution in [1.29, 1.82) is 0 Å². The Balaban J connectivity index is 2.81. The molecule has 0 aliphatic carbocycles. The third kappa shape index (κ3) is 7.42. The molecule has 2 rings (SSSR count). The molecule has 0 atom stereocenters. The van der Waals surface area contributed by atoms with Crippen molar-refractivity contribution in [3.8, 4) is 23.7 Å². The van der Waals surface area contributed by atoms with Crippen molar-refractivity contribution in [3.63, 3.8) is 0 Å². The van der Waals surface area contributed by atoms with E-state index in [0.717, 1.165) is 5.56 Å². The Morgan fingerprint density at radius 1 is 0.750 bits per heavy atom. The van der Waals surface area contributed by atoms with Gasteiger partial charge in [-0.1, -0.05) is 44.5 Å². The highest BCUT2D eigenvalue weighted by Crippen LogP contribution is 2.34. The maximum atomic E-state index is 10.1. The van der Waals surface area contributed by atoms with Gasteiger partial charge in [-0.3, -0.25) is 0 Å². The highest BCUT2D eigenvalue weighted by Gasteiger charge is 2.19. The van der Waals surface area contributed by atoms with E-state index in [9.17, 15) is 10.2 Å². The van der Waals surface area contributed by atoms with Crippen molar-refractivity contribution in [2.24, 2.45) is 10.2 Å². The Morgan fingerprint density at radius 3 is 1.66 bits per heavy atom. The van der Waals surface area contributed by atoms with E-state index in [-0.39, 0.29) is 5.41 Å². The maximum Gasteiger partial charge on any atom is 0.120 e. The van der Waals surface area contributed by atoms with Crippen LogP contribution in [-0.2, 0) is 5.41 Å². The molecule has 0 saturated carbocycles. The molecule has 6 heteroatoms. The summed E-state index contributed by atoms with van der Waals surface area (Å²) in [5.41, 5.74) is 13.2. The number of benzene rings is 2. The van der Waals surface area contributed by atoms with E-state index in [4.69, 9.17) is 11.5 Å². The first-order valence-corrected chi connectivity index (χ1v) is 10.3. The van der Waals surface area contributed by atoms with Gasteiger partial charge >= 0.3 is 0 Å². The fourth-order valence-corrected chi connectivity index (χ4v) is 2.57. The lowest BCUT2D eigenvalue weighted by atomic mass is 9.84. The van der Waals surface area contributed by atoms with Gasteiger partial charge < -0.3 is 21.7 Å². The number of nitrogens with two attached hydrogens (primary N) is 2. The lowest BCUT2D eigenvalue weighted by Gasteiger charge is -2.21. The van der Waals surface area contributed by atoms with Crippen molar-refractivity contribution in [3.05, 3.63) is 47.0 Å². The molecule has 0 amide bonds. The summed E-state index contributed by atoms with van der Waals surface area (Å²) in [6, 6.07) is 8.84. The zero-order valence-electron chi connectivity index (χ0n) is 19.8. The van der Waals surface area contributed by atoms with Crippen LogP contribution in [0.3, 0.4) is 0 Å². The standard InChI is InChI=1S/C26H32N4O2/c1-24(2,3)19-14-17(10-12-25(4,5)31)23(18(15-19)11-13-26(6,7)32)30-29-22-9-8-20(27)16-21(22)28/h8-9,14-16,31-32H,27-28H2,1-7H3. The number of nitrogen functional groups attached to an aromatic ring is 2. The van der Waals surface area contributed by atoms with E-state index in [1.165, 1.54) is 0 Å². The summed E-state index contributed by atoms with van der Waals surface area (Å²) in [6.07, 6.45) is 0. The molecule has 0 spiro atoms. The van der Waals surface area contributed by atoms with E-state index < -0.39 is 11.2 Å². The molecular weight excluding hydrogens is 400 g/mol. The summed E-state index contributed by atoms with van der Waals surface area (Å²) in [7, 11) is 0.